The second-order valence-corrected chi connectivity index (χ2v) is 8.71. The summed E-state index contributed by atoms with van der Waals surface area (Å²) in [4.78, 5) is 29.2. The number of hydrogen-bond donors (Lipinski definition) is 1. The fourth-order valence-corrected chi connectivity index (χ4v) is 4.56. The smallest absolute Gasteiger partial charge is 0.295 e. The Bertz CT molecular complexity index is 1100. The molecule has 1 atom stereocenters. The number of amides is 1. The third kappa shape index (κ3) is 5.61. The van der Waals surface area contributed by atoms with Crippen molar-refractivity contribution in [2.45, 2.75) is 13.0 Å². The fourth-order valence-electron chi connectivity index (χ4n) is 4.56. The van der Waals surface area contributed by atoms with Crippen LogP contribution in [-0.2, 0) is 14.3 Å². The van der Waals surface area contributed by atoms with Gasteiger partial charge in [-0.25, -0.2) is 0 Å². The molecule has 0 aliphatic carbocycles. The Hall–Kier alpha value is -3.62. The average Bonchev–Trinajstić information content (AvgIpc) is 3.16. The van der Waals surface area contributed by atoms with Gasteiger partial charge in [0.2, 0.25) is 5.78 Å². The zero-order chi connectivity index (χ0) is 25.5. The molecule has 0 aromatic heterocycles. The van der Waals surface area contributed by atoms with E-state index >= 15 is 0 Å². The number of hydrogen-bond acceptors (Lipinski definition) is 6. The van der Waals surface area contributed by atoms with Gasteiger partial charge in [-0.3, -0.25) is 9.59 Å². The lowest BCUT2D eigenvalue weighted by Gasteiger charge is -2.30. The minimum atomic E-state index is -0.766. The van der Waals surface area contributed by atoms with E-state index in [1.807, 2.05) is 6.92 Å². The van der Waals surface area contributed by atoms with Crippen LogP contribution in [0, 0.1) is 0 Å². The van der Waals surface area contributed by atoms with E-state index in [4.69, 9.17) is 14.2 Å². The normalized spacial score (nSPS) is 19.9. The molecule has 0 radical (unpaired) electrons. The van der Waals surface area contributed by atoms with Gasteiger partial charge in [-0.15, -0.1) is 0 Å². The van der Waals surface area contributed by atoms with Crippen molar-refractivity contribution in [1.29, 1.82) is 0 Å². The molecule has 0 spiro atoms. The van der Waals surface area contributed by atoms with Crippen LogP contribution in [0.2, 0.25) is 0 Å². The second-order valence-electron chi connectivity index (χ2n) is 8.71. The molecule has 2 fully saturated rings. The van der Waals surface area contributed by atoms with Crippen molar-refractivity contribution in [2.24, 2.45) is 0 Å². The van der Waals surface area contributed by atoms with Gasteiger partial charge < -0.3 is 29.1 Å². The van der Waals surface area contributed by atoms with Crippen LogP contribution in [-0.4, -0.2) is 69.2 Å². The number of carbonyl (C=O) groups excluding carboxylic acids is 2. The van der Waals surface area contributed by atoms with Crippen molar-refractivity contribution >= 4 is 17.4 Å². The molecule has 2 aliphatic heterocycles. The molecule has 4 rings (SSSR count). The highest BCUT2D eigenvalue weighted by Gasteiger charge is 2.44. The summed E-state index contributed by atoms with van der Waals surface area (Å²) >= 11 is 0. The van der Waals surface area contributed by atoms with E-state index in [2.05, 4.69) is 6.58 Å². The number of carbonyl (C=O) groups is 2. The summed E-state index contributed by atoms with van der Waals surface area (Å²) in [5.74, 6) is -0.570. The Kier molecular flexibility index (Phi) is 8.40. The van der Waals surface area contributed by atoms with Crippen molar-refractivity contribution in [3.05, 3.63) is 77.9 Å². The first-order valence-corrected chi connectivity index (χ1v) is 12.3. The molecule has 190 valence electrons. The lowest BCUT2D eigenvalue weighted by molar-refractivity contribution is -0.907. The number of ether oxygens (including phenoxy) is 3. The van der Waals surface area contributed by atoms with Crippen LogP contribution in [0.3, 0.4) is 0 Å². The molecule has 8 heteroatoms. The summed E-state index contributed by atoms with van der Waals surface area (Å²) in [7, 11) is 0. The number of morpholine rings is 1. The lowest BCUT2D eigenvalue weighted by atomic mass is 9.95. The first-order valence-electron chi connectivity index (χ1n) is 12.3. The number of Topliss-reactive ketones (excluding diaryl/α,β-unsaturated/α-hetero) is 1. The van der Waals surface area contributed by atoms with Crippen LogP contribution in [0.15, 0.2) is 66.8 Å². The fraction of sp³-hybridized carbons (Fsp3) is 0.357. The van der Waals surface area contributed by atoms with Crippen LogP contribution < -0.4 is 19.5 Å². The maximum Gasteiger partial charge on any atom is 0.295 e. The summed E-state index contributed by atoms with van der Waals surface area (Å²) in [5, 5.41) is 13.6. The van der Waals surface area contributed by atoms with Crippen LogP contribution in [0.4, 0.5) is 0 Å². The number of quaternary nitrogens is 1. The molecule has 2 aromatic carbocycles. The summed E-state index contributed by atoms with van der Waals surface area (Å²) < 4.78 is 16.5. The molecule has 8 nitrogen and oxygen atoms in total. The first kappa shape index (κ1) is 25.5. The average molecular weight is 493 g/mol. The quantitative estimate of drug-likeness (QED) is 0.228. The molecular weight excluding hydrogens is 460 g/mol. The van der Waals surface area contributed by atoms with Crippen molar-refractivity contribution in [3.63, 3.8) is 0 Å². The Morgan fingerprint density at radius 3 is 2.36 bits per heavy atom. The number of nitrogens with zero attached hydrogens (tertiary/aromatic N) is 1. The summed E-state index contributed by atoms with van der Waals surface area (Å²) in [6, 6.07) is 13.0. The van der Waals surface area contributed by atoms with E-state index in [0.717, 1.165) is 13.1 Å². The van der Waals surface area contributed by atoms with E-state index in [0.29, 0.717) is 62.1 Å². The van der Waals surface area contributed by atoms with Gasteiger partial charge in [0.25, 0.3) is 5.91 Å². The van der Waals surface area contributed by atoms with Gasteiger partial charge in [0.15, 0.2) is 0 Å². The minimum Gasteiger partial charge on any atom is -0.872 e. The maximum atomic E-state index is 13.6. The SMILES string of the molecule is C=CCOc1ccc(C2C(=C([O-])c3ccc(OCC)cc3)C(=O)C(=O)N2CC[NH+]2CCOCC2)cc1. The number of ketones is 1. The molecule has 2 aliphatic rings. The highest BCUT2D eigenvalue weighted by Crippen LogP contribution is 2.39. The predicted octanol–water partition coefficient (Wildman–Crippen LogP) is 0.789. The van der Waals surface area contributed by atoms with Crippen molar-refractivity contribution in [2.75, 3.05) is 52.6 Å². The van der Waals surface area contributed by atoms with E-state index in [1.54, 1.807) is 54.6 Å². The third-order valence-electron chi connectivity index (χ3n) is 6.43. The van der Waals surface area contributed by atoms with Gasteiger partial charge in [0, 0.05) is 5.57 Å². The van der Waals surface area contributed by atoms with Crippen LogP contribution >= 0.6 is 0 Å². The number of benzene rings is 2. The Morgan fingerprint density at radius 2 is 1.72 bits per heavy atom. The van der Waals surface area contributed by atoms with E-state index in [-0.39, 0.29) is 5.57 Å². The monoisotopic (exact) mass is 492 g/mol. The van der Waals surface area contributed by atoms with Crippen molar-refractivity contribution in [3.8, 4) is 11.5 Å². The van der Waals surface area contributed by atoms with Crippen molar-refractivity contribution < 1.29 is 33.8 Å². The van der Waals surface area contributed by atoms with Crippen molar-refractivity contribution in [1.82, 2.24) is 4.90 Å². The number of nitrogens with one attached hydrogen (secondary N) is 1. The highest BCUT2D eigenvalue weighted by molar-refractivity contribution is 6.46. The molecule has 2 heterocycles. The largest absolute Gasteiger partial charge is 0.872 e. The first-order chi connectivity index (χ1) is 17.5. The van der Waals surface area contributed by atoms with Crippen LogP contribution in [0.1, 0.15) is 24.1 Å². The molecule has 0 bridgehead atoms. The minimum absolute atomic E-state index is 0.0269. The van der Waals surface area contributed by atoms with Gasteiger partial charge in [-0.1, -0.05) is 42.7 Å². The maximum absolute atomic E-state index is 13.6. The molecule has 2 saturated heterocycles. The Labute approximate surface area is 211 Å². The van der Waals surface area contributed by atoms with E-state index < -0.39 is 23.5 Å². The zero-order valence-electron chi connectivity index (χ0n) is 20.5. The zero-order valence-corrected chi connectivity index (χ0v) is 20.5. The Morgan fingerprint density at radius 1 is 1.08 bits per heavy atom. The summed E-state index contributed by atoms with van der Waals surface area (Å²) in [6.45, 7) is 10.5. The molecule has 0 saturated carbocycles. The van der Waals surface area contributed by atoms with Crippen LogP contribution in [0.5, 0.6) is 11.5 Å². The molecule has 1 amide bonds. The third-order valence-corrected chi connectivity index (χ3v) is 6.43. The number of rotatable bonds is 10. The molecular formula is C28H32N2O6. The molecule has 1 N–H and O–H groups in total. The second kappa shape index (κ2) is 11.9. The van der Waals surface area contributed by atoms with E-state index in [1.165, 1.54) is 9.80 Å². The summed E-state index contributed by atoms with van der Waals surface area (Å²) in [6.07, 6.45) is 1.65. The van der Waals surface area contributed by atoms with Gasteiger partial charge in [-0.2, -0.15) is 0 Å². The molecule has 2 aromatic rings. The summed E-state index contributed by atoms with van der Waals surface area (Å²) in [5.41, 5.74) is 0.999. The van der Waals surface area contributed by atoms with E-state index in [9.17, 15) is 14.7 Å². The van der Waals surface area contributed by atoms with Gasteiger partial charge in [0.05, 0.1) is 39.0 Å². The molecule has 36 heavy (non-hydrogen) atoms. The topological polar surface area (TPSA) is 92.6 Å². The predicted molar refractivity (Wildman–Crippen MR) is 133 cm³/mol. The molecule has 1 unspecified atom stereocenters. The van der Waals surface area contributed by atoms with Gasteiger partial charge >= 0.3 is 0 Å². The lowest BCUT2D eigenvalue weighted by Crippen LogP contribution is -3.14. The highest BCUT2D eigenvalue weighted by atomic mass is 16.5. The van der Waals surface area contributed by atoms with Gasteiger partial charge in [-0.05, 0) is 42.3 Å². The van der Waals surface area contributed by atoms with Gasteiger partial charge in [0.1, 0.15) is 31.2 Å². The van der Waals surface area contributed by atoms with Crippen LogP contribution in [0.25, 0.3) is 5.76 Å². The standard InChI is InChI=1S/C28H32N2O6/c1-3-17-36-23-9-5-20(6-10-23)25-24(26(31)21-7-11-22(12-8-21)35-4-2)27(32)28(33)30(25)14-13-29-15-18-34-19-16-29/h3,5-12,25,31H,1,4,13-19H2,2H3. The Balaban J connectivity index is 1.69. The number of likely N-dealkylation sites (tertiary alicyclic amines) is 1.